The molecule has 0 radical (unpaired) electrons. The third-order valence-electron chi connectivity index (χ3n) is 6.04. The highest BCUT2D eigenvalue weighted by Gasteiger charge is 2.22. The largest absolute Gasteiger partial charge is 0.508 e. The zero-order valence-corrected chi connectivity index (χ0v) is 19.1. The first-order valence-electron chi connectivity index (χ1n) is 11.3. The molecule has 3 aromatic carbocycles. The van der Waals surface area contributed by atoms with E-state index < -0.39 is 0 Å². The number of ether oxygens (including phenoxy) is 1. The molecule has 1 unspecified atom stereocenters. The molecule has 1 atom stereocenters. The smallest absolute Gasteiger partial charge is 0.212 e. The van der Waals surface area contributed by atoms with Crippen molar-refractivity contribution in [2.75, 3.05) is 7.05 Å². The number of phenolic OH excluding ortho intramolecular Hbond substituents is 1. The summed E-state index contributed by atoms with van der Waals surface area (Å²) in [4.78, 5) is 6.10. The number of nitrogens with two attached hydrogens (primary N) is 1. The molecule has 1 heterocycles. The van der Waals surface area contributed by atoms with Crippen LogP contribution in [0.3, 0.4) is 0 Å². The van der Waals surface area contributed by atoms with Crippen LogP contribution in [0.5, 0.6) is 11.5 Å². The molecule has 34 heavy (non-hydrogen) atoms. The van der Waals surface area contributed by atoms with Crippen LogP contribution < -0.4 is 10.5 Å². The third-order valence-corrected chi connectivity index (χ3v) is 6.04. The third kappa shape index (κ3) is 5.30. The van der Waals surface area contributed by atoms with Crippen LogP contribution in [0, 0.1) is 16.7 Å². The minimum Gasteiger partial charge on any atom is -0.508 e. The predicted octanol–water partition coefficient (Wildman–Crippen LogP) is 5.03. The molecule has 0 spiro atoms. The van der Waals surface area contributed by atoms with Crippen molar-refractivity contribution in [1.82, 2.24) is 5.06 Å². The van der Waals surface area contributed by atoms with E-state index in [1.807, 2.05) is 42.5 Å². The van der Waals surface area contributed by atoms with Gasteiger partial charge in [-0.2, -0.15) is 5.26 Å². The first-order valence-corrected chi connectivity index (χ1v) is 11.3. The first-order chi connectivity index (χ1) is 16.4. The molecule has 7 heteroatoms. The van der Waals surface area contributed by atoms with Gasteiger partial charge >= 0.3 is 0 Å². The van der Waals surface area contributed by atoms with Gasteiger partial charge in [-0.15, -0.1) is 0 Å². The fourth-order valence-electron chi connectivity index (χ4n) is 4.18. The Kier molecular flexibility index (Phi) is 7.00. The van der Waals surface area contributed by atoms with Gasteiger partial charge in [0.1, 0.15) is 24.2 Å². The van der Waals surface area contributed by atoms with Gasteiger partial charge in [0, 0.05) is 12.6 Å². The molecular weight excluding hydrogens is 428 g/mol. The van der Waals surface area contributed by atoms with E-state index in [1.165, 1.54) is 5.06 Å². The Morgan fingerprint density at radius 2 is 1.94 bits per heavy atom. The number of guanidine groups is 1. The normalized spacial score (nSPS) is 15.6. The van der Waals surface area contributed by atoms with Gasteiger partial charge in [0.2, 0.25) is 5.96 Å². The summed E-state index contributed by atoms with van der Waals surface area (Å²) in [6.45, 7) is 0.362. The molecule has 4 rings (SSSR count). The molecule has 3 aromatic rings. The average molecular weight is 457 g/mol. The van der Waals surface area contributed by atoms with E-state index in [2.05, 4.69) is 6.07 Å². The molecule has 174 valence electrons. The van der Waals surface area contributed by atoms with Crippen molar-refractivity contribution in [3.63, 3.8) is 0 Å². The lowest BCUT2D eigenvalue weighted by atomic mass is 9.96. The number of benzene rings is 3. The van der Waals surface area contributed by atoms with E-state index in [9.17, 15) is 10.4 Å². The van der Waals surface area contributed by atoms with Crippen LogP contribution >= 0.6 is 0 Å². The number of nitrogens with zero attached hydrogens (tertiary/aromatic N) is 2. The van der Waals surface area contributed by atoms with Gasteiger partial charge in [-0.05, 0) is 77.9 Å². The Hall–Kier alpha value is -4.02. The molecule has 0 fully saturated rings. The van der Waals surface area contributed by atoms with Crippen LogP contribution in [0.15, 0.2) is 60.7 Å². The van der Waals surface area contributed by atoms with Crippen molar-refractivity contribution in [2.45, 2.75) is 38.4 Å². The zero-order chi connectivity index (χ0) is 24.1. The van der Waals surface area contributed by atoms with Gasteiger partial charge < -0.3 is 15.6 Å². The summed E-state index contributed by atoms with van der Waals surface area (Å²) in [7, 11) is 1.62. The zero-order valence-electron chi connectivity index (χ0n) is 19.1. The Morgan fingerprint density at radius 3 is 2.74 bits per heavy atom. The van der Waals surface area contributed by atoms with Crippen LogP contribution in [-0.2, 0) is 17.9 Å². The minimum absolute atomic E-state index is 0.183. The van der Waals surface area contributed by atoms with Crippen molar-refractivity contribution in [3.05, 3.63) is 82.9 Å². The number of nitrogens with one attached hydrogen (secondary N) is 1. The molecule has 1 aliphatic rings. The summed E-state index contributed by atoms with van der Waals surface area (Å²) in [5, 5.41) is 28.2. The van der Waals surface area contributed by atoms with Crippen molar-refractivity contribution in [1.29, 1.82) is 10.7 Å². The number of aromatic hydroxyl groups is 1. The average Bonchev–Trinajstić information content (AvgIpc) is 2.87. The lowest BCUT2D eigenvalue weighted by Crippen LogP contribution is -2.34. The molecule has 1 aliphatic heterocycles. The van der Waals surface area contributed by atoms with E-state index in [0.717, 1.165) is 47.1 Å². The van der Waals surface area contributed by atoms with Crippen molar-refractivity contribution in [3.8, 4) is 28.7 Å². The fraction of sp³-hybridized carbons (Fsp3) is 0.259. The number of aryl methyl sites for hydroxylation is 1. The summed E-state index contributed by atoms with van der Waals surface area (Å²) in [6, 6.07) is 21.0. The standard InChI is InChI=1S/C27H28N4O3/c1-31(27(29)30)34-26-8-3-2-6-20-14-23(32)11-9-22(20)17-33-25-12-10-21(15-24(25)26)19-7-4-5-18(13-19)16-28/h4-5,7,9-15,26,32H,2-3,6,8,17H2,1H3,(H3,29,30). The molecule has 7 nitrogen and oxygen atoms in total. The minimum atomic E-state index is -0.377. The molecule has 0 aliphatic carbocycles. The fourth-order valence-corrected chi connectivity index (χ4v) is 4.18. The maximum Gasteiger partial charge on any atom is 0.212 e. The number of phenols is 1. The number of hydroxylamine groups is 2. The van der Waals surface area contributed by atoms with Crippen LogP contribution in [0.2, 0.25) is 0 Å². The monoisotopic (exact) mass is 456 g/mol. The van der Waals surface area contributed by atoms with Crippen LogP contribution in [0.25, 0.3) is 11.1 Å². The van der Waals surface area contributed by atoms with Crippen LogP contribution in [-0.4, -0.2) is 23.2 Å². The number of nitriles is 1. The summed E-state index contributed by atoms with van der Waals surface area (Å²) in [5.74, 6) is 0.753. The van der Waals surface area contributed by atoms with Gasteiger partial charge in [-0.3, -0.25) is 10.2 Å². The van der Waals surface area contributed by atoms with Crippen molar-refractivity contribution >= 4 is 5.96 Å². The van der Waals surface area contributed by atoms with Crippen LogP contribution in [0.1, 0.15) is 47.6 Å². The van der Waals surface area contributed by atoms with E-state index in [1.54, 1.807) is 25.2 Å². The van der Waals surface area contributed by atoms with E-state index in [-0.39, 0.29) is 17.8 Å². The number of fused-ring (bicyclic) bond motifs is 2. The molecule has 0 bridgehead atoms. The molecule has 4 N–H and O–H groups in total. The molecule has 0 saturated heterocycles. The number of hydrogen-bond donors (Lipinski definition) is 3. The first kappa shape index (κ1) is 23.1. The maximum absolute atomic E-state index is 9.94. The Bertz CT molecular complexity index is 1230. The second kappa shape index (κ2) is 10.3. The second-order valence-corrected chi connectivity index (χ2v) is 8.41. The Labute approximate surface area is 199 Å². The summed E-state index contributed by atoms with van der Waals surface area (Å²) in [6.07, 6.45) is 2.94. The van der Waals surface area contributed by atoms with E-state index >= 15 is 0 Å². The number of rotatable bonds is 3. The lowest BCUT2D eigenvalue weighted by molar-refractivity contribution is -0.137. The van der Waals surface area contributed by atoms with Gasteiger partial charge in [0.25, 0.3) is 0 Å². The van der Waals surface area contributed by atoms with Gasteiger partial charge in [-0.1, -0.05) is 30.7 Å². The highest BCUT2D eigenvalue weighted by atomic mass is 16.7. The SMILES string of the molecule is CN(OC1CCCCc2cc(O)ccc2COc2ccc(-c3cccc(C#N)c3)cc21)C(=N)N. The van der Waals surface area contributed by atoms with Crippen molar-refractivity contribution < 1.29 is 14.7 Å². The van der Waals surface area contributed by atoms with Crippen LogP contribution in [0.4, 0.5) is 0 Å². The number of hydrogen-bond acceptors (Lipinski definition) is 5. The summed E-state index contributed by atoms with van der Waals surface area (Å²) >= 11 is 0. The van der Waals surface area contributed by atoms with E-state index in [0.29, 0.717) is 24.3 Å². The Morgan fingerprint density at radius 1 is 1.12 bits per heavy atom. The van der Waals surface area contributed by atoms with E-state index in [4.69, 9.17) is 20.7 Å². The van der Waals surface area contributed by atoms with Gasteiger partial charge in [-0.25, -0.2) is 5.06 Å². The summed E-state index contributed by atoms with van der Waals surface area (Å²) < 4.78 is 6.28. The second-order valence-electron chi connectivity index (χ2n) is 8.41. The van der Waals surface area contributed by atoms with Crippen molar-refractivity contribution in [2.24, 2.45) is 5.73 Å². The maximum atomic E-state index is 9.94. The predicted molar refractivity (Wildman–Crippen MR) is 130 cm³/mol. The Balaban J connectivity index is 1.76. The highest BCUT2D eigenvalue weighted by molar-refractivity contribution is 5.73. The quantitative estimate of drug-likeness (QED) is 0.289. The molecule has 0 aromatic heterocycles. The molecular formula is C27H28N4O3. The van der Waals surface area contributed by atoms with Gasteiger partial charge in [0.05, 0.1) is 11.6 Å². The van der Waals surface area contributed by atoms with Gasteiger partial charge in [0.15, 0.2) is 0 Å². The summed E-state index contributed by atoms with van der Waals surface area (Å²) in [5.41, 5.74) is 11.1. The highest BCUT2D eigenvalue weighted by Crippen LogP contribution is 2.37. The molecule has 0 saturated carbocycles. The topological polar surface area (TPSA) is 116 Å². The molecule has 0 amide bonds. The lowest BCUT2D eigenvalue weighted by Gasteiger charge is -2.26.